The number of para-hydroxylation sites is 1. The van der Waals surface area contributed by atoms with Gasteiger partial charge in [0.1, 0.15) is 60.6 Å². The van der Waals surface area contributed by atoms with E-state index < -0.39 is 74.8 Å². The van der Waals surface area contributed by atoms with E-state index >= 15 is 4.39 Å². The summed E-state index contributed by atoms with van der Waals surface area (Å²) in [7, 11) is -1.67. The zero-order valence-electron chi connectivity index (χ0n) is 53.9. The summed E-state index contributed by atoms with van der Waals surface area (Å²) in [6.45, 7) is 0.204. The van der Waals surface area contributed by atoms with Crippen LogP contribution in [-0.4, -0.2) is 172 Å². The van der Waals surface area contributed by atoms with E-state index in [4.69, 9.17) is 32.9 Å². The van der Waals surface area contributed by atoms with Gasteiger partial charge in [0.15, 0.2) is 59.2 Å². The molecule has 5 N–H and O–H groups in total. The summed E-state index contributed by atoms with van der Waals surface area (Å²) in [5.74, 6) is 0.370. The minimum absolute atomic E-state index is 0.00130. The third-order valence-electron chi connectivity index (χ3n) is 16.8. The number of carbonyl (C=O) groups excluding carboxylic acids is 4. The highest BCUT2D eigenvalue weighted by atomic mass is 32.7. The van der Waals surface area contributed by atoms with Crippen LogP contribution in [0.4, 0.5) is 26.1 Å². The molecule has 101 heavy (non-hydrogen) atoms. The molecule has 8 atom stereocenters. The number of fused-ring (bicyclic) bond motifs is 7. The number of imidazole rings is 2. The molecule has 0 spiro atoms. The zero-order chi connectivity index (χ0) is 69.9. The number of hydrogen-bond donors (Lipinski definition) is 5. The fraction of sp³-hybridized carbons (Fsp3) is 0.294. The Hall–Kier alpha value is -10.6. The highest BCUT2D eigenvalue weighted by Gasteiger charge is 2.48. The topological polar surface area (TPSA) is 348 Å². The number of nitrogens with one attached hydrogen (secondary N) is 3. The number of ether oxygens (including phenoxy) is 6. The normalized spacial score (nSPS) is 18.9. The van der Waals surface area contributed by atoms with E-state index in [9.17, 15) is 38.3 Å². The van der Waals surface area contributed by atoms with E-state index in [-0.39, 0.29) is 74.4 Å². The summed E-state index contributed by atoms with van der Waals surface area (Å²) >= 11 is 0.955. The Kier molecular flexibility index (Phi) is 21.6. The molecule has 3 aliphatic heterocycles. The standard InChI is InChI=1S/C68H66F2N15O14PS/c1-93-67(90)41-14-22-45(23-15-41)95-34-53(88)71-27-24-54(89)82-31-43-8-2-3-9-48(43)59-56(49-10-4-5-11-51(49)82)80-81-85(59)28-29-94-44-20-16-42(17-21-44)68(91)97-46-18-12-40(13-19-46)35-101-100(92)99-60-52(33-87)98-66(55(60)70)84-39-79-58-62(75-37-77-64(58)84)73-26-7-6-25-72-61-57-63(76-36-74-61)83(38-78-57)65-50(69)30-47(32-86)96-65/h2-23,36-39,47,50,52,55,60,65-66,86-87,100H,24-35H2,1H3,(H,71,88)(H,72,74,76)(H,73,75,77)/b7-6+/t47-,50+,52+,55+,60+,65+,66+/m0/s1. The molecule has 5 aromatic carbocycles. The number of esters is 2. The lowest BCUT2D eigenvalue weighted by atomic mass is 9.95. The molecule has 13 rings (SSSR count). The Balaban J connectivity index is 0.551. The van der Waals surface area contributed by atoms with Gasteiger partial charge in [0, 0.05) is 49.4 Å². The van der Waals surface area contributed by atoms with Gasteiger partial charge in [-0.1, -0.05) is 83.3 Å². The average Bonchev–Trinajstić information content (AvgIpc) is 1.72. The summed E-state index contributed by atoms with van der Waals surface area (Å²) in [5, 5.41) is 38.0. The lowest BCUT2D eigenvalue weighted by Crippen LogP contribution is -2.36. The number of benzene rings is 5. The molecule has 33 heteroatoms. The first kappa shape index (κ1) is 68.9. The zero-order valence-corrected chi connectivity index (χ0v) is 55.7. The number of rotatable bonds is 28. The molecule has 3 aliphatic rings. The molecule has 5 aromatic heterocycles. The highest BCUT2D eigenvalue weighted by Crippen LogP contribution is 2.48. The number of aliphatic hydroxyl groups excluding tert-OH is 2. The molecule has 29 nitrogen and oxygen atoms in total. The number of hydrogen-bond acceptors (Lipinski definition) is 25. The number of carbonyl (C=O) groups is 4. The predicted molar refractivity (Wildman–Crippen MR) is 365 cm³/mol. The summed E-state index contributed by atoms with van der Waals surface area (Å²) in [6, 6.07) is 34.4. The van der Waals surface area contributed by atoms with Crippen molar-refractivity contribution in [1.29, 1.82) is 0 Å². The molecule has 0 aliphatic carbocycles. The highest BCUT2D eigenvalue weighted by molar-refractivity contribution is 8.49. The molecule has 2 fully saturated rings. The van der Waals surface area contributed by atoms with Crippen LogP contribution in [0.15, 0.2) is 159 Å². The molecular weight excluding hydrogens is 1350 g/mol. The number of nitrogens with zero attached hydrogens (tertiary/aromatic N) is 12. The van der Waals surface area contributed by atoms with Gasteiger partial charge < -0.3 is 64.0 Å². The first-order valence-corrected chi connectivity index (χ1v) is 35.0. The lowest BCUT2D eigenvalue weighted by molar-refractivity contribution is -0.123. The van der Waals surface area contributed by atoms with Crippen molar-refractivity contribution >= 4 is 82.0 Å². The fourth-order valence-electron chi connectivity index (χ4n) is 11.8. The number of methoxy groups -OCH3 is 1. The molecule has 2 saturated heterocycles. The molecular formula is C68H66F2N15O14PS. The van der Waals surface area contributed by atoms with Crippen LogP contribution >= 0.6 is 18.6 Å². The van der Waals surface area contributed by atoms with Crippen LogP contribution in [0.25, 0.3) is 44.8 Å². The summed E-state index contributed by atoms with van der Waals surface area (Å²) < 4.78 is 88.5. The Morgan fingerprint density at radius 2 is 1.36 bits per heavy atom. The van der Waals surface area contributed by atoms with Crippen molar-refractivity contribution in [2.45, 2.75) is 74.8 Å². The van der Waals surface area contributed by atoms with Crippen molar-refractivity contribution in [1.82, 2.24) is 59.3 Å². The van der Waals surface area contributed by atoms with Crippen LogP contribution in [0.1, 0.15) is 57.1 Å². The Labute approximate surface area is 578 Å². The van der Waals surface area contributed by atoms with Crippen LogP contribution in [0.5, 0.6) is 17.2 Å². The van der Waals surface area contributed by atoms with Crippen molar-refractivity contribution in [3.05, 3.63) is 181 Å². The molecule has 0 radical (unpaired) electrons. The van der Waals surface area contributed by atoms with Crippen LogP contribution in [0.3, 0.4) is 0 Å². The van der Waals surface area contributed by atoms with E-state index in [1.54, 1.807) is 70.2 Å². The molecule has 1 unspecified atom stereocenters. The number of anilines is 3. The SMILES string of the molecule is COC(=O)c1ccc(OCC(=O)NCCC(=O)N2Cc3ccccc3-c3c(nnn3CCOc3ccc(C(=O)Oc4ccc(CS[PH](=O)O[C@H]5[C@@H](F)[C@H](n6cnc7c(NC/C=C/CNc8ncnc9c8ncn9[C@@H]8O[C@H](CO)C[C@H]8F)ncnc76)O[C@@H]5CO)cc4)cc3)-c3ccccc32)cc1. The number of aliphatic hydroxyl groups is 2. The van der Waals surface area contributed by atoms with Gasteiger partial charge in [-0.15, -0.1) is 5.10 Å². The summed E-state index contributed by atoms with van der Waals surface area (Å²) in [4.78, 5) is 79.5. The predicted octanol–water partition coefficient (Wildman–Crippen LogP) is 8.04. The Bertz CT molecular complexity index is 4670. The smallest absolute Gasteiger partial charge is 0.343 e. The average molecular weight is 1420 g/mol. The number of alkyl halides is 2. The first-order valence-electron chi connectivity index (χ1n) is 32.0. The van der Waals surface area contributed by atoms with Crippen molar-refractivity contribution < 1.29 is 75.7 Å². The second-order valence-electron chi connectivity index (χ2n) is 23.2. The van der Waals surface area contributed by atoms with Gasteiger partial charge in [-0.25, -0.2) is 53.0 Å². The number of aromatic nitrogens is 11. The van der Waals surface area contributed by atoms with Gasteiger partial charge in [0.05, 0.1) is 74.7 Å². The van der Waals surface area contributed by atoms with Crippen LogP contribution < -0.4 is 35.1 Å². The third kappa shape index (κ3) is 15.6. The molecule has 10 aromatic rings. The largest absolute Gasteiger partial charge is 0.492 e. The van der Waals surface area contributed by atoms with Gasteiger partial charge in [0.25, 0.3) is 5.91 Å². The maximum absolute atomic E-state index is 16.4. The van der Waals surface area contributed by atoms with Crippen LogP contribution in [0, 0.1) is 0 Å². The summed E-state index contributed by atoms with van der Waals surface area (Å²) in [6.07, 6.45) is 0.454. The van der Waals surface area contributed by atoms with Crippen LogP contribution in [0.2, 0.25) is 0 Å². The number of halogens is 2. The van der Waals surface area contributed by atoms with Crippen molar-refractivity contribution in [3.63, 3.8) is 0 Å². The van der Waals surface area contributed by atoms with Crippen molar-refractivity contribution in [2.75, 3.05) is 68.7 Å². The molecule has 0 bridgehead atoms. The second-order valence-corrected chi connectivity index (χ2v) is 26.4. The van der Waals surface area contributed by atoms with Gasteiger partial charge >= 0.3 is 11.9 Å². The van der Waals surface area contributed by atoms with Gasteiger partial charge in [-0.3, -0.25) is 23.3 Å². The maximum atomic E-state index is 16.4. The third-order valence-corrected chi connectivity index (χ3v) is 19.4. The van der Waals surface area contributed by atoms with Crippen LogP contribution in [-0.2, 0) is 51.7 Å². The first-order chi connectivity index (χ1) is 49.3. The van der Waals surface area contributed by atoms with Gasteiger partial charge in [0.2, 0.25) is 13.1 Å². The molecule has 8 heterocycles. The van der Waals surface area contributed by atoms with E-state index in [2.05, 4.69) is 56.2 Å². The number of amides is 2. The van der Waals surface area contributed by atoms with E-state index in [0.717, 1.165) is 28.2 Å². The monoisotopic (exact) mass is 1420 g/mol. The van der Waals surface area contributed by atoms with E-state index in [1.165, 1.54) is 53.7 Å². The molecule has 2 amide bonds. The van der Waals surface area contributed by atoms with Crippen molar-refractivity contribution in [3.8, 4) is 39.8 Å². The summed E-state index contributed by atoms with van der Waals surface area (Å²) in [5.41, 5.74) is 6.99. The van der Waals surface area contributed by atoms with E-state index in [0.29, 0.717) is 87.5 Å². The van der Waals surface area contributed by atoms with E-state index in [1.807, 2.05) is 60.7 Å². The Morgan fingerprint density at radius 3 is 2.02 bits per heavy atom. The van der Waals surface area contributed by atoms with Crippen molar-refractivity contribution in [2.24, 2.45) is 0 Å². The maximum Gasteiger partial charge on any atom is 0.343 e. The quantitative estimate of drug-likeness (QED) is 0.0134. The minimum Gasteiger partial charge on any atom is -0.492 e. The second kappa shape index (κ2) is 31.7. The minimum atomic E-state index is -2.96. The Morgan fingerprint density at radius 1 is 0.723 bits per heavy atom. The lowest BCUT2D eigenvalue weighted by Gasteiger charge is -2.28. The van der Waals surface area contributed by atoms with Gasteiger partial charge in [-0.05, 0) is 77.9 Å². The van der Waals surface area contributed by atoms with Gasteiger partial charge in [-0.2, -0.15) is 0 Å². The molecule has 522 valence electrons. The molecule has 0 saturated carbocycles. The fourth-order valence-corrected chi connectivity index (χ4v) is 14.2.